The van der Waals surface area contributed by atoms with Gasteiger partial charge in [-0.2, -0.15) is 0 Å². The number of unbranched alkanes of at least 4 members (excludes halogenated alkanes) is 1. The van der Waals surface area contributed by atoms with E-state index >= 15 is 0 Å². The lowest BCUT2D eigenvalue weighted by Crippen LogP contribution is -2.38. The van der Waals surface area contributed by atoms with Gasteiger partial charge < -0.3 is 15.4 Å². The second kappa shape index (κ2) is 8.69. The molecule has 112 valence electrons. The number of aryl methyl sites for hydroxylation is 2. The molecule has 1 rings (SSSR count). The van der Waals surface area contributed by atoms with E-state index in [9.17, 15) is 4.79 Å². The van der Waals surface area contributed by atoms with Crippen molar-refractivity contribution in [3.8, 4) is 5.75 Å². The minimum atomic E-state index is -0.148. The average Bonchev–Trinajstić information content (AvgIpc) is 2.41. The van der Waals surface area contributed by atoms with Crippen LogP contribution in [0.4, 0.5) is 4.79 Å². The quantitative estimate of drug-likeness (QED) is 0.758. The van der Waals surface area contributed by atoms with Gasteiger partial charge in [0.15, 0.2) is 0 Å². The fraction of sp³-hybridized carbons (Fsp3) is 0.533. The molecule has 0 aliphatic rings. The molecule has 0 atom stereocenters. The minimum Gasteiger partial charge on any atom is -0.492 e. The fourth-order valence-corrected chi connectivity index (χ4v) is 1.87. The number of amides is 2. The number of rotatable bonds is 7. The van der Waals surface area contributed by atoms with Crippen LogP contribution >= 0.6 is 11.6 Å². The number of halogens is 1. The number of carbonyl (C=O) groups is 1. The summed E-state index contributed by atoms with van der Waals surface area (Å²) in [6.45, 7) is 7.59. The summed E-state index contributed by atoms with van der Waals surface area (Å²) >= 11 is 6.09. The number of carbonyl (C=O) groups excluding carboxylic acids is 1. The van der Waals surface area contributed by atoms with E-state index in [0.29, 0.717) is 19.7 Å². The molecule has 1 aromatic rings. The fourth-order valence-electron chi connectivity index (χ4n) is 1.76. The van der Waals surface area contributed by atoms with Crippen molar-refractivity contribution >= 4 is 17.6 Å². The normalized spacial score (nSPS) is 10.2. The zero-order valence-corrected chi connectivity index (χ0v) is 13.1. The van der Waals surface area contributed by atoms with Crippen LogP contribution in [0.3, 0.4) is 0 Å². The Balaban J connectivity index is 2.26. The van der Waals surface area contributed by atoms with Gasteiger partial charge >= 0.3 is 6.03 Å². The Kier molecular flexibility index (Phi) is 7.23. The molecule has 0 unspecified atom stereocenters. The zero-order chi connectivity index (χ0) is 15.0. The molecule has 20 heavy (non-hydrogen) atoms. The number of benzene rings is 1. The maximum atomic E-state index is 11.4. The SMILES string of the molecule is CCCCNC(=O)NCCOc1cc(C)c(Cl)c(C)c1. The summed E-state index contributed by atoms with van der Waals surface area (Å²) in [5.41, 5.74) is 1.99. The van der Waals surface area contributed by atoms with Crippen molar-refractivity contribution in [1.82, 2.24) is 10.6 Å². The summed E-state index contributed by atoms with van der Waals surface area (Å²) < 4.78 is 5.60. The van der Waals surface area contributed by atoms with Crippen molar-refractivity contribution in [2.75, 3.05) is 19.7 Å². The van der Waals surface area contributed by atoms with E-state index < -0.39 is 0 Å². The van der Waals surface area contributed by atoms with Crippen LogP contribution in [-0.2, 0) is 0 Å². The van der Waals surface area contributed by atoms with E-state index in [1.165, 1.54) is 0 Å². The Morgan fingerprint density at radius 1 is 1.20 bits per heavy atom. The van der Waals surface area contributed by atoms with Crippen molar-refractivity contribution in [3.63, 3.8) is 0 Å². The zero-order valence-electron chi connectivity index (χ0n) is 12.4. The largest absolute Gasteiger partial charge is 0.492 e. The molecular weight excluding hydrogens is 276 g/mol. The van der Waals surface area contributed by atoms with Gasteiger partial charge in [0, 0.05) is 11.6 Å². The Morgan fingerprint density at radius 3 is 2.40 bits per heavy atom. The second-order valence-electron chi connectivity index (χ2n) is 4.76. The molecule has 0 saturated heterocycles. The molecule has 0 radical (unpaired) electrons. The van der Waals surface area contributed by atoms with Gasteiger partial charge in [-0.3, -0.25) is 0 Å². The van der Waals surface area contributed by atoms with Gasteiger partial charge in [0.2, 0.25) is 0 Å². The van der Waals surface area contributed by atoms with Gasteiger partial charge in [0.1, 0.15) is 12.4 Å². The van der Waals surface area contributed by atoms with Crippen LogP contribution in [0.25, 0.3) is 0 Å². The molecule has 0 saturated carbocycles. The van der Waals surface area contributed by atoms with Crippen LogP contribution in [0, 0.1) is 13.8 Å². The molecule has 0 aliphatic carbocycles. The Bertz CT molecular complexity index is 426. The molecule has 0 spiro atoms. The van der Waals surface area contributed by atoms with E-state index in [1.54, 1.807) is 0 Å². The van der Waals surface area contributed by atoms with Crippen molar-refractivity contribution in [2.45, 2.75) is 33.6 Å². The summed E-state index contributed by atoms with van der Waals surface area (Å²) in [6.07, 6.45) is 2.06. The number of nitrogens with one attached hydrogen (secondary N) is 2. The van der Waals surface area contributed by atoms with Crippen molar-refractivity contribution in [1.29, 1.82) is 0 Å². The molecular formula is C15H23ClN2O2. The van der Waals surface area contributed by atoms with Gasteiger partial charge in [0.25, 0.3) is 0 Å². The highest BCUT2D eigenvalue weighted by molar-refractivity contribution is 6.32. The molecule has 2 amide bonds. The van der Waals surface area contributed by atoms with Crippen molar-refractivity contribution in [2.24, 2.45) is 0 Å². The first-order chi connectivity index (χ1) is 9.54. The Hall–Kier alpha value is -1.42. The number of ether oxygens (including phenoxy) is 1. The standard InChI is InChI=1S/C15H23ClN2O2/c1-4-5-6-17-15(19)18-7-8-20-13-9-11(2)14(16)12(3)10-13/h9-10H,4-8H2,1-3H3,(H2,17,18,19). The van der Waals surface area contributed by atoms with Gasteiger partial charge in [-0.05, 0) is 43.5 Å². The molecule has 0 fully saturated rings. The van der Waals surface area contributed by atoms with Crippen LogP contribution in [0.1, 0.15) is 30.9 Å². The predicted octanol–water partition coefficient (Wildman–Crippen LogP) is 3.43. The number of hydrogen-bond donors (Lipinski definition) is 2. The van der Waals surface area contributed by atoms with Crippen LogP contribution in [-0.4, -0.2) is 25.7 Å². The lowest BCUT2D eigenvalue weighted by Gasteiger charge is -2.11. The van der Waals surface area contributed by atoms with E-state index in [0.717, 1.165) is 34.7 Å². The summed E-state index contributed by atoms with van der Waals surface area (Å²) in [5, 5.41) is 6.31. The molecule has 4 nitrogen and oxygen atoms in total. The smallest absolute Gasteiger partial charge is 0.314 e. The van der Waals surface area contributed by atoms with E-state index in [-0.39, 0.29) is 6.03 Å². The highest BCUT2D eigenvalue weighted by Gasteiger charge is 2.04. The van der Waals surface area contributed by atoms with Crippen LogP contribution in [0.2, 0.25) is 5.02 Å². The third-order valence-electron chi connectivity index (χ3n) is 2.88. The van der Waals surface area contributed by atoms with Gasteiger partial charge in [0.05, 0.1) is 6.54 Å². The summed E-state index contributed by atoms with van der Waals surface area (Å²) in [7, 11) is 0. The average molecular weight is 299 g/mol. The van der Waals surface area contributed by atoms with E-state index in [2.05, 4.69) is 17.6 Å². The number of hydrogen-bond acceptors (Lipinski definition) is 2. The Morgan fingerprint density at radius 2 is 1.80 bits per heavy atom. The first kappa shape index (κ1) is 16.6. The highest BCUT2D eigenvalue weighted by atomic mass is 35.5. The third kappa shape index (κ3) is 5.70. The molecule has 0 aliphatic heterocycles. The monoisotopic (exact) mass is 298 g/mol. The first-order valence-electron chi connectivity index (χ1n) is 6.95. The Labute approximate surface area is 125 Å². The van der Waals surface area contributed by atoms with E-state index in [1.807, 2.05) is 26.0 Å². The van der Waals surface area contributed by atoms with Crippen LogP contribution < -0.4 is 15.4 Å². The maximum absolute atomic E-state index is 11.4. The molecule has 1 aromatic carbocycles. The minimum absolute atomic E-state index is 0.148. The molecule has 0 aromatic heterocycles. The van der Waals surface area contributed by atoms with Crippen molar-refractivity contribution in [3.05, 3.63) is 28.3 Å². The predicted molar refractivity (Wildman–Crippen MR) is 82.7 cm³/mol. The lowest BCUT2D eigenvalue weighted by atomic mass is 10.1. The van der Waals surface area contributed by atoms with Gasteiger partial charge in [-0.25, -0.2) is 4.79 Å². The topological polar surface area (TPSA) is 50.4 Å². The van der Waals surface area contributed by atoms with E-state index in [4.69, 9.17) is 16.3 Å². The molecule has 0 bridgehead atoms. The molecule has 5 heteroatoms. The van der Waals surface area contributed by atoms with Gasteiger partial charge in [-0.15, -0.1) is 0 Å². The molecule has 0 heterocycles. The second-order valence-corrected chi connectivity index (χ2v) is 5.13. The van der Waals surface area contributed by atoms with Gasteiger partial charge in [-0.1, -0.05) is 24.9 Å². The van der Waals surface area contributed by atoms with Crippen LogP contribution in [0.15, 0.2) is 12.1 Å². The lowest BCUT2D eigenvalue weighted by molar-refractivity contribution is 0.236. The summed E-state index contributed by atoms with van der Waals surface area (Å²) in [4.78, 5) is 11.4. The summed E-state index contributed by atoms with van der Waals surface area (Å²) in [5.74, 6) is 0.776. The molecule has 2 N–H and O–H groups in total. The maximum Gasteiger partial charge on any atom is 0.314 e. The number of urea groups is 1. The first-order valence-corrected chi connectivity index (χ1v) is 7.33. The van der Waals surface area contributed by atoms with Crippen LogP contribution in [0.5, 0.6) is 5.75 Å². The highest BCUT2D eigenvalue weighted by Crippen LogP contribution is 2.25. The van der Waals surface area contributed by atoms with Crippen molar-refractivity contribution < 1.29 is 9.53 Å². The third-order valence-corrected chi connectivity index (χ3v) is 3.48. The summed E-state index contributed by atoms with van der Waals surface area (Å²) in [6, 6.07) is 3.65.